The standard InChI is InChI=1S/C27H35N3/c1-4-7-9-21-11-16-24(17-12-21)28-26-20-15-23(6-3)27(30-26)29-25-18-13-22(14-19-25)10-8-5-2/h11-19H,4-10,20H2,1-3H3,(H,28,29,30). The number of nitrogens with zero attached hydrogens (tertiary/aromatic N) is 2. The molecular formula is C27H35N3. The number of nitrogens with one attached hydrogen (secondary N) is 1. The minimum absolute atomic E-state index is 0.815. The number of aliphatic imine (C=N–C) groups is 2. The minimum atomic E-state index is 0.815. The van der Waals surface area contributed by atoms with E-state index in [4.69, 9.17) is 9.98 Å². The molecule has 158 valence electrons. The van der Waals surface area contributed by atoms with Gasteiger partial charge < -0.3 is 5.32 Å². The molecular weight excluding hydrogens is 366 g/mol. The van der Waals surface area contributed by atoms with E-state index in [1.165, 1.54) is 42.4 Å². The fraction of sp³-hybridized carbons (Fsp3) is 0.407. The highest BCUT2D eigenvalue weighted by molar-refractivity contribution is 6.13. The van der Waals surface area contributed by atoms with Crippen LogP contribution in [0.5, 0.6) is 0 Å². The van der Waals surface area contributed by atoms with E-state index in [0.717, 1.165) is 48.7 Å². The van der Waals surface area contributed by atoms with Crippen molar-refractivity contribution in [3.05, 3.63) is 71.3 Å². The summed E-state index contributed by atoms with van der Waals surface area (Å²) in [5, 5.41) is 3.48. The molecule has 0 radical (unpaired) electrons. The molecule has 0 saturated carbocycles. The number of unbranched alkanes of at least 4 members (excludes halogenated alkanes) is 2. The average molecular weight is 402 g/mol. The number of rotatable bonds is 9. The lowest BCUT2D eigenvalue weighted by Crippen LogP contribution is -2.34. The van der Waals surface area contributed by atoms with E-state index in [1.54, 1.807) is 0 Å². The Labute approximate surface area is 182 Å². The largest absolute Gasteiger partial charge is 0.328 e. The summed E-state index contributed by atoms with van der Waals surface area (Å²) in [6.07, 6.45) is 11.2. The Balaban J connectivity index is 1.73. The summed E-state index contributed by atoms with van der Waals surface area (Å²) in [6, 6.07) is 17.3. The van der Waals surface area contributed by atoms with Crippen molar-refractivity contribution in [3.63, 3.8) is 0 Å². The third-order valence-electron chi connectivity index (χ3n) is 5.51. The van der Waals surface area contributed by atoms with Crippen LogP contribution in [0.25, 0.3) is 0 Å². The van der Waals surface area contributed by atoms with E-state index in [9.17, 15) is 0 Å². The van der Waals surface area contributed by atoms with Crippen LogP contribution in [0.1, 0.15) is 70.4 Å². The Morgan fingerprint density at radius 1 is 0.733 bits per heavy atom. The van der Waals surface area contributed by atoms with Crippen molar-refractivity contribution in [1.82, 2.24) is 5.32 Å². The lowest BCUT2D eigenvalue weighted by atomic mass is 10.1. The molecule has 0 atom stereocenters. The second-order valence-corrected chi connectivity index (χ2v) is 7.97. The van der Waals surface area contributed by atoms with Crippen LogP contribution in [0, 0.1) is 0 Å². The van der Waals surface area contributed by atoms with Gasteiger partial charge in [0.15, 0.2) is 0 Å². The first kappa shape index (κ1) is 22.0. The van der Waals surface area contributed by atoms with E-state index in [2.05, 4.69) is 80.7 Å². The van der Waals surface area contributed by atoms with Crippen molar-refractivity contribution < 1.29 is 0 Å². The van der Waals surface area contributed by atoms with Crippen LogP contribution in [0.4, 0.5) is 11.4 Å². The maximum Gasteiger partial charge on any atom is 0.134 e. The summed E-state index contributed by atoms with van der Waals surface area (Å²) in [6.45, 7) is 6.63. The number of hydrogen-bond donors (Lipinski definition) is 1. The molecule has 0 spiro atoms. The first-order chi connectivity index (χ1) is 14.7. The van der Waals surface area contributed by atoms with E-state index in [-0.39, 0.29) is 0 Å². The van der Waals surface area contributed by atoms with Crippen LogP contribution >= 0.6 is 0 Å². The summed E-state index contributed by atoms with van der Waals surface area (Å²) in [5.41, 5.74) is 5.99. The Kier molecular flexibility index (Phi) is 8.43. The van der Waals surface area contributed by atoms with Crippen LogP contribution in [0.2, 0.25) is 0 Å². The Hall–Kier alpha value is -2.68. The fourth-order valence-corrected chi connectivity index (χ4v) is 3.59. The molecule has 0 aliphatic carbocycles. The van der Waals surface area contributed by atoms with E-state index < -0.39 is 0 Å². The third kappa shape index (κ3) is 6.41. The average Bonchev–Trinajstić information content (AvgIpc) is 2.78. The van der Waals surface area contributed by atoms with Crippen LogP contribution < -0.4 is 5.32 Å². The fourth-order valence-electron chi connectivity index (χ4n) is 3.59. The smallest absolute Gasteiger partial charge is 0.134 e. The highest BCUT2D eigenvalue weighted by atomic mass is 15.1. The topological polar surface area (TPSA) is 36.8 Å². The van der Waals surface area contributed by atoms with Crippen molar-refractivity contribution in [2.75, 3.05) is 0 Å². The lowest BCUT2D eigenvalue weighted by molar-refractivity contribution is 0.795. The lowest BCUT2D eigenvalue weighted by Gasteiger charge is -2.19. The van der Waals surface area contributed by atoms with Gasteiger partial charge in [0, 0.05) is 6.42 Å². The van der Waals surface area contributed by atoms with Crippen LogP contribution in [-0.2, 0) is 12.8 Å². The summed E-state index contributed by atoms with van der Waals surface area (Å²) in [4.78, 5) is 9.72. The number of amidine groups is 2. The van der Waals surface area contributed by atoms with Crippen molar-refractivity contribution in [2.45, 2.75) is 72.1 Å². The molecule has 0 aromatic heterocycles. The number of aryl methyl sites for hydroxylation is 2. The quantitative estimate of drug-likeness (QED) is 0.465. The van der Waals surface area contributed by atoms with Gasteiger partial charge in [0.1, 0.15) is 11.7 Å². The van der Waals surface area contributed by atoms with Gasteiger partial charge in [0.05, 0.1) is 11.4 Å². The molecule has 0 unspecified atom stereocenters. The molecule has 1 heterocycles. The maximum atomic E-state index is 4.89. The number of hydrogen-bond acceptors (Lipinski definition) is 2. The molecule has 3 heteroatoms. The van der Waals surface area contributed by atoms with Crippen LogP contribution in [-0.4, -0.2) is 11.7 Å². The van der Waals surface area contributed by atoms with Gasteiger partial charge in [-0.3, -0.25) is 0 Å². The molecule has 0 saturated heterocycles. The van der Waals surface area contributed by atoms with E-state index >= 15 is 0 Å². The summed E-state index contributed by atoms with van der Waals surface area (Å²) >= 11 is 0. The van der Waals surface area contributed by atoms with Gasteiger partial charge in [-0.05, 0) is 73.1 Å². The Bertz CT molecular complexity index is 887. The van der Waals surface area contributed by atoms with E-state index in [0.29, 0.717) is 0 Å². The molecule has 1 aliphatic rings. The normalized spacial score (nSPS) is 16.6. The zero-order chi connectivity index (χ0) is 21.2. The van der Waals surface area contributed by atoms with Gasteiger partial charge in [-0.2, -0.15) is 0 Å². The molecule has 0 bridgehead atoms. The monoisotopic (exact) mass is 401 g/mol. The van der Waals surface area contributed by atoms with Gasteiger partial charge in [-0.1, -0.05) is 64.0 Å². The molecule has 30 heavy (non-hydrogen) atoms. The first-order valence-corrected chi connectivity index (χ1v) is 11.5. The number of benzene rings is 2. The van der Waals surface area contributed by atoms with Gasteiger partial charge in [-0.25, -0.2) is 9.98 Å². The molecule has 2 aromatic rings. The predicted molar refractivity (Wildman–Crippen MR) is 130 cm³/mol. The van der Waals surface area contributed by atoms with Crippen LogP contribution in [0.15, 0.2) is 70.2 Å². The second kappa shape index (κ2) is 11.5. The summed E-state index contributed by atoms with van der Waals surface area (Å²) in [7, 11) is 0. The highest BCUT2D eigenvalue weighted by Crippen LogP contribution is 2.20. The van der Waals surface area contributed by atoms with Crippen molar-refractivity contribution in [1.29, 1.82) is 0 Å². The van der Waals surface area contributed by atoms with Crippen LogP contribution in [0.3, 0.4) is 0 Å². The Morgan fingerprint density at radius 2 is 1.27 bits per heavy atom. The molecule has 2 aromatic carbocycles. The first-order valence-electron chi connectivity index (χ1n) is 11.5. The zero-order valence-corrected chi connectivity index (χ0v) is 18.7. The van der Waals surface area contributed by atoms with E-state index in [1.807, 2.05) is 0 Å². The van der Waals surface area contributed by atoms with Gasteiger partial charge >= 0.3 is 0 Å². The predicted octanol–water partition coefficient (Wildman–Crippen LogP) is 7.46. The van der Waals surface area contributed by atoms with Crippen molar-refractivity contribution in [3.8, 4) is 0 Å². The summed E-state index contributed by atoms with van der Waals surface area (Å²) in [5.74, 6) is 1.87. The van der Waals surface area contributed by atoms with Crippen molar-refractivity contribution >= 4 is 23.0 Å². The minimum Gasteiger partial charge on any atom is -0.328 e. The zero-order valence-electron chi connectivity index (χ0n) is 18.7. The van der Waals surface area contributed by atoms with Gasteiger partial charge in [-0.15, -0.1) is 0 Å². The maximum absolute atomic E-state index is 4.89. The highest BCUT2D eigenvalue weighted by Gasteiger charge is 2.14. The van der Waals surface area contributed by atoms with Gasteiger partial charge in [0.25, 0.3) is 0 Å². The molecule has 1 aliphatic heterocycles. The molecule has 1 N–H and O–H groups in total. The summed E-state index contributed by atoms with van der Waals surface area (Å²) < 4.78 is 0. The SMILES string of the molecule is CCCCc1ccc(N=C2CC=C(CC)C(=Nc3ccc(CCCC)cc3)N2)cc1. The molecule has 3 rings (SSSR count). The molecule has 0 fully saturated rings. The third-order valence-corrected chi connectivity index (χ3v) is 5.51. The van der Waals surface area contributed by atoms with Gasteiger partial charge in [0.2, 0.25) is 0 Å². The molecule has 0 amide bonds. The second-order valence-electron chi connectivity index (χ2n) is 7.97. The Morgan fingerprint density at radius 3 is 1.77 bits per heavy atom. The molecule has 3 nitrogen and oxygen atoms in total. The van der Waals surface area contributed by atoms with Crippen molar-refractivity contribution in [2.24, 2.45) is 9.98 Å².